The molecule has 9 heteroatoms. The fraction of sp³-hybridized carbons (Fsp3) is 0.294. The number of para-hydroxylation sites is 1. The summed E-state index contributed by atoms with van der Waals surface area (Å²) < 4.78 is 23.2. The van der Waals surface area contributed by atoms with Crippen molar-refractivity contribution < 1.29 is 13.2 Å². The number of nitrogens with one attached hydrogen (secondary N) is 1. The Hall–Kier alpha value is -2.99. The fourth-order valence-corrected chi connectivity index (χ4v) is 4.57. The third kappa shape index (κ3) is 3.81. The van der Waals surface area contributed by atoms with Gasteiger partial charge in [-0.1, -0.05) is 12.1 Å². The lowest BCUT2D eigenvalue weighted by atomic mass is 10.2. The molecular formula is C17H17N5O3S. The van der Waals surface area contributed by atoms with Crippen LogP contribution in [0.25, 0.3) is 0 Å². The minimum Gasteiger partial charge on any atom is -0.339 e. The molecule has 134 valence electrons. The van der Waals surface area contributed by atoms with E-state index in [9.17, 15) is 13.2 Å². The number of carbonyl (C=O) groups is 1. The Bertz CT molecular complexity index is 984. The Labute approximate surface area is 151 Å². The van der Waals surface area contributed by atoms with E-state index in [1.165, 1.54) is 17.3 Å². The summed E-state index contributed by atoms with van der Waals surface area (Å²) in [5, 5.41) is 12.1. The highest BCUT2D eigenvalue weighted by Crippen LogP contribution is 2.21. The molecule has 1 aliphatic heterocycles. The molecule has 1 aromatic carbocycles. The summed E-state index contributed by atoms with van der Waals surface area (Å²) >= 11 is 0. The molecule has 0 bridgehead atoms. The summed E-state index contributed by atoms with van der Waals surface area (Å²) in [6.45, 7) is 0. The number of sulfone groups is 1. The quantitative estimate of drug-likeness (QED) is 0.862. The van der Waals surface area contributed by atoms with Crippen LogP contribution in [0, 0.1) is 11.3 Å². The Kier molecular flexibility index (Phi) is 4.86. The molecule has 26 heavy (non-hydrogen) atoms. The van der Waals surface area contributed by atoms with Crippen molar-refractivity contribution in [2.75, 3.05) is 23.9 Å². The first-order chi connectivity index (χ1) is 12.4. The number of benzene rings is 1. The van der Waals surface area contributed by atoms with Gasteiger partial charge in [-0.2, -0.15) is 5.26 Å². The second-order valence-corrected chi connectivity index (χ2v) is 8.27. The number of hydrogen-bond donors (Lipinski definition) is 1. The van der Waals surface area contributed by atoms with E-state index in [2.05, 4.69) is 21.4 Å². The SMILES string of the molecule is CN(C(=O)c1cc(Nc2ccccc2C#N)ncn1)C1CCS(=O)(=O)C1. The van der Waals surface area contributed by atoms with Crippen molar-refractivity contribution in [1.29, 1.82) is 5.26 Å². The molecule has 1 unspecified atom stereocenters. The zero-order valence-corrected chi connectivity index (χ0v) is 14.9. The molecule has 1 atom stereocenters. The van der Waals surface area contributed by atoms with Crippen LogP contribution in [0.1, 0.15) is 22.5 Å². The second kappa shape index (κ2) is 7.09. The summed E-state index contributed by atoms with van der Waals surface area (Å²) in [6.07, 6.45) is 1.68. The molecule has 1 N–H and O–H groups in total. The molecule has 1 saturated heterocycles. The summed E-state index contributed by atoms with van der Waals surface area (Å²) in [7, 11) is -1.50. The van der Waals surface area contributed by atoms with Crippen molar-refractivity contribution in [3.63, 3.8) is 0 Å². The normalized spacial score (nSPS) is 18.1. The van der Waals surface area contributed by atoms with Crippen LogP contribution in [-0.2, 0) is 9.84 Å². The Morgan fingerprint density at radius 2 is 2.12 bits per heavy atom. The fourth-order valence-electron chi connectivity index (χ4n) is 2.80. The van der Waals surface area contributed by atoms with Crippen molar-refractivity contribution in [2.24, 2.45) is 0 Å². The van der Waals surface area contributed by atoms with Crippen LogP contribution in [-0.4, -0.2) is 53.8 Å². The van der Waals surface area contributed by atoms with Crippen LogP contribution in [0.15, 0.2) is 36.7 Å². The molecule has 0 spiro atoms. The zero-order valence-electron chi connectivity index (χ0n) is 14.1. The van der Waals surface area contributed by atoms with Gasteiger partial charge in [0.05, 0.1) is 22.8 Å². The average molecular weight is 371 g/mol. The smallest absolute Gasteiger partial charge is 0.272 e. The van der Waals surface area contributed by atoms with Crippen LogP contribution >= 0.6 is 0 Å². The van der Waals surface area contributed by atoms with E-state index in [0.29, 0.717) is 23.5 Å². The van der Waals surface area contributed by atoms with Gasteiger partial charge < -0.3 is 10.2 Å². The lowest BCUT2D eigenvalue weighted by Crippen LogP contribution is -2.38. The van der Waals surface area contributed by atoms with Gasteiger partial charge in [-0.3, -0.25) is 4.79 Å². The van der Waals surface area contributed by atoms with Crippen LogP contribution in [0.3, 0.4) is 0 Å². The topological polar surface area (TPSA) is 116 Å². The van der Waals surface area contributed by atoms with Gasteiger partial charge in [-0.25, -0.2) is 18.4 Å². The molecule has 2 heterocycles. The lowest BCUT2D eigenvalue weighted by Gasteiger charge is -2.23. The Morgan fingerprint density at radius 1 is 1.35 bits per heavy atom. The van der Waals surface area contributed by atoms with Gasteiger partial charge in [0, 0.05) is 19.2 Å². The number of amides is 1. The van der Waals surface area contributed by atoms with Crippen LogP contribution in [0.2, 0.25) is 0 Å². The number of rotatable bonds is 4. The first-order valence-corrected chi connectivity index (χ1v) is 9.77. The van der Waals surface area contributed by atoms with E-state index in [4.69, 9.17) is 5.26 Å². The molecule has 0 radical (unpaired) electrons. The van der Waals surface area contributed by atoms with E-state index in [-0.39, 0.29) is 29.1 Å². The highest BCUT2D eigenvalue weighted by atomic mass is 32.2. The number of hydrogen-bond acceptors (Lipinski definition) is 7. The molecular weight excluding hydrogens is 354 g/mol. The van der Waals surface area contributed by atoms with E-state index in [0.717, 1.165) is 0 Å². The van der Waals surface area contributed by atoms with Crippen LogP contribution in [0.5, 0.6) is 0 Å². The maximum absolute atomic E-state index is 12.6. The first-order valence-electron chi connectivity index (χ1n) is 7.95. The Morgan fingerprint density at radius 3 is 2.81 bits per heavy atom. The van der Waals surface area contributed by atoms with Crippen molar-refractivity contribution in [3.8, 4) is 6.07 Å². The van der Waals surface area contributed by atoms with E-state index < -0.39 is 9.84 Å². The summed E-state index contributed by atoms with van der Waals surface area (Å²) in [5.74, 6) is 0.0715. The number of nitriles is 1. The number of anilines is 2. The van der Waals surface area contributed by atoms with Gasteiger partial charge in [0.2, 0.25) is 0 Å². The van der Waals surface area contributed by atoms with E-state index in [1.807, 2.05) is 0 Å². The Balaban J connectivity index is 1.79. The van der Waals surface area contributed by atoms with E-state index in [1.54, 1.807) is 31.3 Å². The van der Waals surface area contributed by atoms with Crippen molar-refractivity contribution in [2.45, 2.75) is 12.5 Å². The third-order valence-electron chi connectivity index (χ3n) is 4.27. The molecule has 8 nitrogen and oxygen atoms in total. The van der Waals surface area contributed by atoms with Crippen molar-refractivity contribution >= 4 is 27.2 Å². The first kappa shape index (κ1) is 17.8. The van der Waals surface area contributed by atoms with Gasteiger partial charge in [0.15, 0.2) is 9.84 Å². The van der Waals surface area contributed by atoms with Gasteiger partial charge >= 0.3 is 0 Å². The highest BCUT2D eigenvalue weighted by Gasteiger charge is 2.33. The van der Waals surface area contributed by atoms with Gasteiger partial charge in [-0.15, -0.1) is 0 Å². The standard InChI is InChI=1S/C17H17N5O3S/c1-22(13-6-7-26(24,25)10-13)17(23)15-8-16(20-11-19-15)21-14-5-3-2-4-12(14)9-18/h2-5,8,11,13H,6-7,10H2,1H3,(H,19,20,21). The predicted molar refractivity (Wildman–Crippen MR) is 95.6 cm³/mol. The highest BCUT2D eigenvalue weighted by molar-refractivity contribution is 7.91. The number of carbonyl (C=O) groups excluding carboxylic acids is 1. The third-order valence-corrected chi connectivity index (χ3v) is 6.02. The number of aromatic nitrogens is 2. The van der Waals surface area contributed by atoms with Crippen LogP contribution in [0.4, 0.5) is 11.5 Å². The largest absolute Gasteiger partial charge is 0.339 e. The van der Waals surface area contributed by atoms with Crippen LogP contribution < -0.4 is 5.32 Å². The molecule has 1 aromatic heterocycles. The molecule has 1 aliphatic rings. The predicted octanol–water partition coefficient (Wildman–Crippen LogP) is 1.35. The van der Waals surface area contributed by atoms with Gasteiger partial charge in [0.25, 0.3) is 5.91 Å². The monoisotopic (exact) mass is 371 g/mol. The maximum Gasteiger partial charge on any atom is 0.272 e. The lowest BCUT2D eigenvalue weighted by molar-refractivity contribution is 0.0741. The van der Waals surface area contributed by atoms with Crippen molar-refractivity contribution in [3.05, 3.63) is 47.9 Å². The summed E-state index contributed by atoms with van der Waals surface area (Å²) in [6, 6.07) is 10.2. The minimum atomic E-state index is -3.08. The molecule has 1 fully saturated rings. The average Bonchev–Trinajstić information content (AvgIpc) is 3.01. The summed E-state index contributed by atoms with van der Waals surface area (Å²) in [4.78, 5) is 22.1. The maximum atomic E-state index is 12.6. The minimum absolute atomic E-state index is 0.0268. The van der Waals surface area contributed by atoms with Gasteiger partial charge in [0.1, 0.15) is 23.9 Å². The number of nitrogens with zero attached hydrogens (tertiary/aromatic N) is 4. The molecule has 3 rings (SSSR count). The molecule has 0 saturated carbocycles. The summed E-state index contributed by atoms with van der Waals surface area (Å²) in [5.41, 5.74) is 1.18. The van der Waals surface area contributed by atoms with Gasteiger partial charge in [-0.05, 0) is 18.6 Å². The second-order valence-electron chi connectivity index (χ2n) is 6.04. The molecule has 0 aliphatic carbocycles. The molecule has 1 amide bonds. The van der Waals surface area contributed by atoms with E-state index >= 15 is 0 Å². The zero-order chi connectivity index (χ0) is 18.7. The van der Waals surface area contributed by atoms with Crippen molar-refractivity contribution in [1.82, 2.24) is 14.9 Å². The molecule has 2 aromatic rings.